The minimum atomic E-state index is -0.321. The lowest BCUT2D eigenvalue weighted by molar-refractivity contribution is 0.218. The van der Waals surface area contributed by atoms with Crippen molar-refractivity contribution in [2.45, 2.75) is 45.4 Å². The van der Waals surface area contributed by atoms with Gasteiger partial charge in [-0.1, -0.05) is 38.3 Å². The highest BCUT2D eigenvalue weighted by molar-refractivity contribution is 5.73. The molecule has 0 aliphatic heterocycles. The first-order valence-electron chi connectivity index (χ1n) is 6.08. The van der Waals surface area contributed by atoms with Crippen LogP contribution in [-0.2, 0) is 0 Å². The number of rotatable bonds is 9. The molecular weight excluding hydrogens is 204 g/mol. The standard InChI is InChI=1S/C12H24N2O2/c1-2-3-4-5-6-7-8-9-10-13-12(16)14-11-15/h7-8,15H,2-6,9-11H2,1H3,(H2,13,14,16)/b8-7+. The van der Waals surface area contributed by atoms with E-state index in [2.05, 4.69) is 29.7 Å². The van der Waals surface area contributed by atoms with Crippen molar-refractivity contribution in [2.24, 2.45) is 0 Å². The number of carbonyl (C=O) groups excluding carboxylic acids is 1. The molecular formula is C12H24N2O2. The summed E-state index contributed by atoms with van der Waals surface area (Å²) >= 11 is 0. The Morgan fingerprint density at radius 1 is 1.12 bits per heavy atom. The lowest BCUT2D eigenvalue weighted by atomic mass is 10.1. The predicted octanol–water partition coefficient (Wildman–Crippen LogP) is 2.15. The van der Waals surface area contributed by atoms with Crippen molar-refractivity contribution in [1.29, 1.82) is 0 Å². The van der Waals surface area contributed by atoms with Gasteiger partial charge in [0.15, 0.2) is 0 Å². The zero-order valence-corrected chi connectivity index (χ0v) is 10.2. The van der Waals surface area contributed by atoms with E-state index < -0.39 is 0 Å². The van der Waals surface area contributed by atoms with Gasteiger partial charge in [0, 0.05) is 6.54 Å². The van der Waals surface area contributed by atoms with E-state index >= 15 is 0 Å². The molecule has 3 N–H and O–H groups in total. The fourth-order valence-corrected chi connectivity index (χ4v) is 1.33. The van der Waals surface area contributed by atoms with E-state index in [1.807, 2.05) is 0 Å². The molecule has 0 atom stereocenters. The summed E-state index contributed by atoms with van der Waals surface area (Å²) in [4.78, 5) is 10.8. The van der Waals surface area contributed by atoms with Gasteiger partial charge in [-0.05, 0) is 19.3 Å². The van der Waals surface area contributed by atoms with Crippen molar-refractivity contribution in [3.63, 3.8) is 0 Å². The monoisotopic (exact) mass is 228 g/mol. The van der Waals surface area contributed by atoms with Crippen molar-refractivity contribution in [3.05, 3.63) is 12.2 Å². The average Bonchev–Trinajstić information content (AvgIpc) is 2.27. The summed E-state index contributed by atoms with van der Waals surface area (Å²) < 4.78 is 0. The third-order valence-electron chi connectivity index (χ3n) is 2.23. The molecule has 94 valence electrons. The van der Waals surface area contributed by atoms with Gasteiger partial charge in [0.1, 0.15) is 6.73 Å². The van der Waals surface area contributed by atoms with Crippen molar-refractivity contribution in [3.8, 4) is 0 Å². The number of amides is 2. The lowest BCUT2D eigenvalue weighted by Crippen LogP contribution is -2.36. The Morgan fingerprint density at radius 2 is 1.88 bits per heavy atom. The van der Waals surface area contributed by atoms with E-state index in [1.54, 1.807) is 0 Å². The van der Waals surface area contributed by atoms with Crippen molar-refractivity contribution in [1.82, 2.24) is 10.6 Å². The summed E-state index contributed by atoms with van der Waals surface area (Å²) in [6.45, 7) is 2.50. The van der Waals surface area contributed by atoms with Crippen LogP contribution in [-0.4, -0.2) is 24.4 Å². The van der Waals surface area contributed by atoms with Crippen LogP contribution in [0.4, 0.5) is 4.79 Å². The summed E-state index contributed by atoms with van der Waals surface area (Å²) in [6, 6.07) is -0.321. The second-order valence-corrected chi connectivity index (χ2v) is 3.70. The lowest BCUT2D eigenvalue weighted by Gasteiger charge is -2.02. The molecule has 0 bridgehead atoms. The van der Waals surface area contributed by atoms with Crippen molar-refractivity contribution < 1.29 is 9.90 Å². The third-order valence-corrected chi connectivity index (χ3v) is 2.23. The molecule has 0 saturated heterocycles. The fourth-order valence-electron chi connectivity index (χ4n) is 1.33. The molecule has 0 aliphatic carbocycles. The first-order chi connectivity index (χ1) is 7.81. The summed E-state index contributed by atoms with van der Waals surface area (Å²) in [7, 11) is 0. The molecule has 2 amide bonds. The summed E-state index contributed by atoms with van der Waals surface area (Å²) in [5, 5.41) is 13.3. The van der Waals surface area contributed by atoms with Crippen LogP contribution >= 0.6 is 0 Å². The van der Waals surface area contributed by atoms with Crippen LogP contribution in [0.5, 0.6) is 0 Å². The highest BCUT2D eigenvalue weighted by Crippen LogP contribution is 2.02. The Morgan fingerprint density at radius 3 is 2.56 bits per heavy atom. The maximum atomic E-state index is 10.8. The SMILES string of the molecule is CCCCCC/C=C/CCNC(=O)NCO. The van der Waals surface area contributed by atoms with Crippen LogP contribution < -0.4 is 10.6 Å². The number of hydrogen-bond acceptors (Lipinski definition) is 2. The second-order valence-electron chi connectivity index (χ2n) is 3.70. The smallest absolute Gasteiger partial charge is 0.316 e. The Hall–Kier alpha value is -1.03. The first kappa shape index (κ1) is 15.0. The maximum absolute atomic E-state index is 10.8. The largest absolute Gasteiger partial charge is 0.376 e. The number of allylic oxidation sites excluding steroid dienone is 1. The molecule has 0 aliphatic rings. The highest BCUT2D eigenvalue weighted by Gasteiger charge is 1.93. The van der Waals surface area contributed by atoms with Gasteiger partial charge in [0.25, 0.3) is 0 Å². The number of carbonyl (C=O) groups is 1. The van der Waals surface area contributed by atoms with Crippen LogP contribution in [0, 0.1) is 0 Å². The quantitative estimate of drug-likeness (QED) is 0.322. The van der Waals surface area contributed by atoms with Gasteiger partial charge < -0.3 is 15.7 Å². The van der Waals surface area contributed by atoms with Gasteiger partial charge in [0.05, 0.1) is 0 Å². The molecule has 0 unspecified atom stereocenters. The predicted molar refractivity (Wildman–Crippen MR) is 66.1 cm³/mol. The highest BCUT2D eigenvalue weighted by atomic mass is 16.3. The minimum absolute atomic E-state index is 0.320. The Kier molecular flexibility index (Phi) is 11.3. The van der Waals surface area contributed by atoms with Crippen LogP contribution in [0.1, 0.15) is 45.4 Å². The number of hydrogen-bond donors (Lipinski definition) is 3. The van der Waals surface area contributed by atoms with E-state index in [0.717, 1.165) is 12.8 Å². The molecule has 0 heterocycles. The third kappa shape index (κ3) is 11.0. The number of unbranched alkanes of at least 4 members (excludes halogenated alkanes) is 4. The molecule has 0 aromatic rings. The van der Waals surface area contributed by atoms with Crippen LogP contribution in [0.15, 0.2) is 12.2 Å². The normalized spacial score (nSPS) is 10.6. The van der Waals surface area contributed by atoms with Crippen molar-refractivity contribution >= 4 is 6.03 Å². The van der Waals surface area contributed by atoms with Gasteiger partial charge in [0.2, 0.25) is 0 Å². The van der Waals surface area contributed by atoms with E-state index in [1.165, 1.54) is 25.7 Å². The Labute approximate surface area is 98.1 Å². The molecule has 0 fully saturated rings. The minimum Gasteiger partial charge on any atom is -0.376 e. The number of aliphatic hydroxyl groups is 1. The molecule has 0 saturated carbocycles. The van der Waals surface area contributed by atoms with Crippen LogP contribution in [0.3, 0.4) is 0 Å². The van der Waals surface area contributed by atoms with E-state index in [9.17, 15) is 4.79 Å². The van der Waals surface area contributed by atoms with Crippen LogP contribution in [0.25, 0.3) is 0 Å². The first-order valence-corrected chi connectivity index (χ1v) is 6.08. The Balaban J connectivity index is 3.18. The summed E-state index contributed by atoms with van der Waals surface area (Å²) in [5.74, 6) is 0. The van der Waals surface area contributed by atoms with Gasteiger partial charge in [-0.25, -0.2) is 4.79 Å². The zero-order chi connectivity index (χ0) is 12.1. The topological polar surface area (TPSA) is 61.4 Å². The summed E-state index contributed by atoms with van der Waals surface area (Å²) in [6.07, 6.45) is 11.4. The molecule has 4 heteroatoms. The van der Waals surface area contributed by atoms with Gasteiger partial charge in [-0.15, -0.1) is 0 Å². The number of aliphatic hydroxyl groups excluding tert-OH is 1. The average molecular weight is 228 g/mol. The van der Waals surface area contributed by atoms with Gasteiger partial charge in [-0.2, -0.15) is 0 Å². The zero-order valence-electron chi connectivity index (χ0n) is 10.2. The molecule has 0 aromatic carbocycles. The molecule has 0 radical (unpaired) electrons. The van der Waals surface area contributed by atoms with Gasteiger partial charge in [-0.3, -0.25) is 0 Å². The molecule has 0 aromatic heterocycles. The molecule has 0 rings (SSSR count). The van der Waals surface area contributed by atoms with E-state index in [4.69, 9.17) is 5.11 Å². The maximum Gasteiger partial charge on any atom is 0.316 e. The van der Waals surface area contributed by atoms with Gasteiger partial charge >= 0.3 is 6.03 Å². The number of nitrogens with one attached hydrogen (secondary N) is 2. The fraction of sp³-hybridized carbons (Fsp3) is 0.750. The van der Waals surface area contributed by atoms with Crippen molar-refractivity contribution in [2.75, 3.05) is 13.3 Å². The number of urea groups is 1. The molecule has 16 heavy (non-hydrogen) atoms. The Bertz CT molecular complexity index is 193. The van der Waals surface area contributed by atoms with E-state index in [-0.39, 0.29) is 12.8 Å². The van der Waals surface area contributed by atoms with Crippen LogP contribution in [0.2, 0.25) is 0 Å². The second kappa shape index (κ2) is 12.0. The summed E-state index contributed by atoms with van der Waals surface area (Å²) in [5.41, 5.74) is 0. The molecule has 4 nitrogen and oxygen atoms in total. The van der Waals surface area contributed by atoms with E-state index in [0.29, 0.717) is 6.54 Å². The molecule has 0 spiro atoms.